The largest absolute Gasteiger partial charge is 0.328 e. The molecule has 0 bridgehead atoms. The Labute approximate surface area is 113 Å². The van der Waals surface area contributed by atoms with E-state index in [1.165, 1.54) is 10.6 Å². The molecule has 88 valence electrons. The van der Waals surface area contributed by atoms with E-state index in [-0.39, 0.29) is 0 Å². The molecule has 0 saturated heterocycles. The van der Waals surface area contributed by atoms with Gasteiger partial charge in [-0.3, -0.25) is 0 Å². The van der Waals surface area contributed by atoms with E-state index in [9.17, 15) is 0 Å². The van der Waals surface area contributed by atoms with E-state index in [0.29, 0.717) is 12.0 Å². The molecule has 17 heavy (non-hydrogen) atoms. The molecule has 3 rings (SSSR count). The fourth-order valence-corrected chi connectivity index (χ4v) is 3.48. The van der Waals surface area contributed by atoms with Crippen LogP contribution in [0.25, 0.3) is 11.3 Å². The summed E-state index contributed by atoms with van der Waals surface area (Å²) < 4.78 is 1.09. The van der Waals surface area contributed by atoms with Gasteiger partial charge in [0, 0.05) is 27.4 Å². The first-order chi connectivity index (χ1) is 8.22. The molecule has 0 amide bonds. The fraction of sp³-hybridized carbons (Fsp3) is 0.308. The summed E-state index contributed by atoms with van der Waals surface area (Å²) in [5.41, 5.74) is 8.06. The maximum absolute atomic E-state index is 5.81. The van der Waals surface area contributed by atoms with Gasteiger partial charge in [0.2, 0.25) is 0 Å². The number of aromatic nitrogens is 1. The topological polar surface area (TPSA) is 38.9 Å². The van der Waals surface area contributed by atoms with Crippen molar-refractivity contribution in [1.29, 1.82) is 0 Å². The van der Waals surface area contributed by atoms with Crippen molar-refractivity contribution in [2.24, 2.45) is 5.73 Å². The second-order valence-corrected chi connectivity index (χ2v) is 6.32. The minimum Gasteiger partial charge on any atom is -0.328 e. The first-order valence-electron chi connectivity index (χ1n) is 5.69. The van der Waals surface area contributed by atoms with Gasteiger partial charge < -0.3 is 5.73 Å². The molecule has 1 aliphatic carbocycles. The first kappa shape index (κ1) is 11.4. The summed E-state index contributed by atoms with van der Waals surface area (Å²) in [5, 5.41) is 3.38. The summed E-state index contributed by atoms with van der Waals surface area (Å²) in [6, 6.07) is 8.65. The van der Waals surface area contributed by atoms with Gasteiger partial charge in [-0.15, -0.1) is 11.3 Å². The van der Waals surface area contributed by atoms with Crippen LogP contribution in [0, 0.1) is 0 Å². The van der Waals surface area contributed by atoms with Crippen LogP contribution in [0.15, 0.2) is 34.1 Å². The quantitative estimate of drug-likeness (QED) is 0.917. The van der Waals surface area contributed by atoms with E-state index >= 15 is 0 Å². The van der Waals surface area contributed by atoms with Crippen LogP contribution in [0.4, 0.5) is 0 Å². The van der Waals surface area contributed by atoms with Crippen molar-refractivity contribution >= 4 is 27.3 Å². The molecule has 2 aromatic rings. The van der Waals surface area contributed by atoms with E-state index in [2.05, 4.69) is 33.4 Å². The van der Waals surface area contributed by atoms with Crippen LogP contribution in [0.1, 0.15) is 23.8 Å². The van der Waals surface area contributed by atoms with Crippen molar-refractivity contribution in [3.05, 3.63) is 39.1 Å². The third kappa shape index (κ3) is 2.30. The first-order valence-corrected chi connectivity index (χ1v) is 7.36. The minimum absolute atomic E-state index is 0.387. The zero-order valence-electron chi connectivity index (χ0n) is 9.27. The van der Waals surface area contributed by atoms with Gasteiger partial charge in [-0.2, -0.15) is 0 Å². The number of nitrogens with zero attached hydrogens (tertiary/aromatic N) is 1. The molecule has 1 aromatic carbocycles. The maximum atomic E-state index is 5.81. The molecule has 2 N–H and O–H groups in total. The van der Waals surface area contributed by atoms with E-state index < -0.39 is 0 Å². The van der Waals surface area contributed by atoms with Crippen LogP contribution in [-0.2, 0) is 0 Å². The van der Waals surface area contributed by atoms with Crippen LogP contribution in [0.5, 0.6) is 0 Å². The highest BCUT2D eigenvalue weighted by Gasteiger charge is 2.29. The number of rotatable bonds is 2. The Kier molecular flexibility index (Phi) is 3.03. The SMILES string of the molecule is NC1CC(c2nc(-c3cccc(Br)c3)cs2)C1. The minimum atomic E-state index is 0.387. The zero-order chi connectivity index (χ0) is 11.8. The van der Waals surface area contributed by atoms with E-state index in [1.807, 2.05) is 12.1 Å². The van der Waals surface area contributed by atoms with Crippen molar-refractivity contribution < 1.29 is 0 Å². The predicted molar refractivity (Wildman–Crippen MR) is 75.2 cm³/mol. The molecule has 2 nitrogen and oxygen atoms in total. The number of thiazole rings is 1. The third-order valence-corrected chi connectivity index (χ3v) is 4.67. The highest BCUT2D eigenvalue weighted by atomic mass is 79.9. The van der Waals surface area contributed by atoms with Crippen LogP contribution in [0.2, 0.25) is 0 Å². The number of hydrogen-bond acceptors (Lipinski definition) is 3. The average molecular weight is 309 g/mol. The molecule has 4 heteroatoms. The molecular formula is C13H13BrN2S. The van der Waals surface area contributed by atoms with Crippen molar-refractivity contribution in [3.63, 3.8) is 0 Å². The van der Waals surface area contributed by atoms with Crippen LogP contribution >= 0.6 is 27.3 Å². The second-order valence-electron chi connectivity index (χ2n) is 4.51. The standard InChI is InChI=1S/C13H13BrN2S/c14-10-3-1-2-8(4-10)12-7-17-13(16-12)9-5-11(15)6-9/h1-4,7,9,11H,5-6,15H2. The van der Waals surface area contributed by atoms with Gasteiger partial charge in [0.05, 0.1) is 10.7 Å². The fourth-order valence-electron chi connectivity index (χ4n) is 2.12. The summed E-state index contributed by atoms with van der Waals surface area (Å²) >= 11 is 5.24. The smallest absolute Gasteiger partial charge is 0.0964 e. The maximum Gasteiger partial charge on any atom is 0.0964 e. The summed E-state index contributed by atoms with van der Waals surface area (Å²) in [6.07, 6.45) is 2.18. The normalized spacial score (nSPS) is 23.4. The number of halogens is 1. The molecule has 0 radical (unpaired) electrons. The molecule has 1 heterocycles. The number of hydrogen-bond donors (Lipinski definition) is 1. The van der Waals surface area contributed by atoms with E-state index in [1.54, 1.807) is 11.3 Å². The van der Waals surface area contributed by atoms with Crippen LogP contribution < -0.4 is 5.73 Å². The van der Waals surface area contributed by atoms with Gasteiger partial charge in [0.25, 0.3) is 0 Å². The Bertz CT molecular complexity index is 532. The zero-order valence-corrected chi connectivity index (χ0v) is 11.7. The molecular weight excluding hydrogens is 296 g/mol. The molecule has 1 saturated carbocycles. The number of benzene rings is 1. The highest BCUT2D eigenvalue weighted by molar-refractivity contribution is 9.10. The van der Waals surface area contributed by atoms with Crippen LogP contribution in [-0.4, -0.2) is 11.0 Å². The summed E-state index contributed by atoms with van der Waals surface area (Å²) in [7, 11) is 0. The van der Waals surface area contributed by atoms with Crippen molar-refractivity contribution in [3.8, 4) is 11.3 Å². The Balaban J connectivity index is 1.85. The monoisotopic (exact) mass is 308 g/mol. The van der Waals surface area contributed by atoms with Gasteiger partial charge >= 0.3 is 0 Å². The lowest BCUT2D eigenvalue weighted by molar-refractivity contribution is 0.351. The molecule has 1 fully saturated rings. The Morgan fingerprint density at radius 3 is 2.88 bits per heavy atom. The Morgan fingerprint density at radius 1 is 1.35 bits per heavy atom. The van der Waals surface area contributed by atoms with Crippen molar-refractivity contribution in [1.82, 2.24) is 4.98 Å². The molecule has 1 aliphatic rings. The highest BCUT2D eigenvalue weighted by Crippen LogP contribution is 2.38. The molecule has 1 aromatic heterocycles. The third-order valence-electron chi connectivity index (χ3n) is 3.17. The lowest BCUT2D eigenvalue weighted by atomic mass is 9.81. The van der Waals surface area contributed by atoms with Gasteiger partial charge in [-0.1, -0.05) is 28.1 Å². The number of nitrogens with two attached hydrogens (primary N) is 1. The second kappa shape index (κ2) is 4.52. The summed E-state index contributed by atoms with van der Waals surface area (Å²) in [6.45, 7) is 0. The van der Waals surface area contributed by atoms with Gasteiger partial charge in [-0.25, -0.2) is 4.98 Å². The van der Waals surface area contributed by atoms with Crippen molar-refractivity contribution in [2.45, 2.75) is 24.8 Å². The summed E-state index contributed by atoms with van der Waals surface area (Å²) in [5.74, 6) is 0.593. The van der Waals surface area contributed by atoms with Gasteiger partial charge in [0.15, 0.2) is 0 Å². The average Bonchev–Trinajstić information content (AvgIpc) is 2.74. The van der Waals surface area contributed by atoms with Crippen LogP contribution in [0.3, 0.4) is 0 Å². The van der Waals surface area contributed by atoms with Gasteiger partial charge in [-0.05, 0) is 25.0 Å². The molecule has 0 aliphatic heterocycles. The lowest BCUT2D eigenvalue weighted by Crippen LogP contribution is -2.34. The predicted octanol–water partition coefficient (Wildman–Crippen LogP) is 3.78. The lowest BCUT2D eigenvalue weighted by Gasteiger charge is -2.30. The van der Waals surface area contributed by atoms with Crippen molar-refractivity contribution in [2.75, 3.05) is 0 Å². The van der Waals surface area contributed by atoms with E-state index in [0.717, 1.165) is 23.0 Å². The summed E-state index contributed by atoms with van der Waals surface area (Å²) in [4.78, 5) is 4.72. The van der Waals surface area contributed by atoms with E-state index in [4.69, 9.17) is 10.7 Å². The molecule has 0 unspecified atom stereocenters. The molecule has 0 spiro atoms. The van der Waals surface area contributed by atoms with Gasteiger partial charge in [0.1, 0.15) is 0 Å². The molecule has 0 atom stereocenters. The Hall–Kier alpha value is -0.710. The Morgan fingerprint density at radius 2 is 2.18 bits per heavy atom.